The molecule has 0 aromatic heterocycles. The van der Waals surface area contributed by atoms with Crippen LogP contribution in [-0.4, -0.2) is 24.9 Å². The van der Waals surface area contributed by atoms with Gasteiger partial charge < -0.3 is 10.6 Å². The summed E-state index contributed by atoms with van der Waals surface area (Å²) in [5, 5.41) is 5.54. The summed E-state index contributed by atoms with van der Waals surface area (Å²) < 4.78 is 0. The van der Waals surface area contributed by atoms with Crippen molar-refractivity contribution in [2.75, 3.05) is 13.1 Å². The first-order chi connectivity index (χ1) is 10.7. The Labute approximate surface area is 135 Å². The first kappa shape index (κ1) is 16.1. The van der Waals surface area contributed by atoms with Crippen molar-refractivity contribution in [3.8, 4) is 0 Å². The molecule has 0 bridgehead atoms. The van der Waals surface area contributed by atoms with Gasteiger partial charge in [0.25, 0.3) is 5.91 Å². The number of rotatable bonds is 6. The Morgan fingerprint density at radius 3 is 2.23 bits per heavy atom. The van der Waals surface area contributed by atoms with E-state index < -0.39 is 0 Å². The van der Waals surface area contributed by atoms with E-state index in [2.05, 4.69) is 23.3 Å². The summed E-state index contributed by atoms with van der Waals surface area (Å²) >= 11 is 4.24. The maximum atomic E-state index is 11.9. The van der Waals surface area contributed by atoms with Gasteiger partial charge in [0.2, 0.25) is 5.91 Å². The van der Waals surface area contributed by atoms with E-state index in [0.29, 0.717) is 30.0 Å². The Balaban J connectivity index is 1.70. The van der Waals surface area contributed by atoms with Crippen LogP contribution in [0.15, 0.2) is 59.5 Å². The molecule has 0 saturated carbocycles. The molecule has 2 aromatic rings. The second-order valence-corrected chi connectivity index (χ2v) is 5.27. The summed E-state index contributed by atoms with van der Waals surface area (Å²) in [6.45, 7) is 0.771. The molecule has 5 heteroatoms. The topological polar surface area (TPSA) is 58.2 Å². The average molecular weight is 314 g/mol. The van der Waals surface area contributed by atoms with Gasteiger partial charge in [0.15, 0.2) is 0 Å². The van der Waals surface area contributed by atoms with Crippen molar-refractivity contribution in [3.05, 3.63) is 65.7 Å². The molecule has 0 radical (unpaired) electrons. The molecule has 22 heavy (non-hydrogen) atoms. The number of hydrogen-bond acceptors (Lipinski definition) is 3. The highest BCUT2D eigenvalue weighted by atomic mass is 32.1. The molecule has 0 heterocycles. The van der Waals surface area contributed by atoms with E-state index in [9.17, 15) is 9.59 Å². The molecule has 2 N–H and O–H groups in total. The minimum atomic E-state index is -0.192. The average Bonchev–Trinajstić information content (AvgIpc) is 2.53. The fourth-order valence-electron chi connectivity index (χ4n) is 1.98. The smallest absolute Gasteiger partial charge is 0.252 e. The number of carbonyl (C=O) groups is 2. The van der Waals surface area contributed by atoms with Crippen LogP contribution >= 0.6 is 12.6 Å². The Bertz CT molecular complexity index is 644. The highest BCUT2D eigenvalue weighted by molar-refractivity contribution is 7.80. The fraction of sp³-hybridized carbons (Fsp3) is 0.176. The van der Waals surface area contributed by atoms with Crippen molar-refractivity contribution in [2.45, 2.75) is 11.3 Å². The van der Waals surface area contributed by atoms with E-state index in [1.165, 1.54) is 0 Å². The molecule has 2 aromatic carbocycles. The lowest BCUT2D eigenvalue weighted by molar-refractivity contribution is -0.120. The normalized spacial score (nSPS) is 10.0. The molecule has 0 fully saturated rings. The van der Waals surface area contributed by atoms with E-state index in [1.54, 1.807) is 18.2 Å². The summed E-state index contributed by atoms with van der Waals surface area (Å²) in [5.41, 5.74) is 1.49. The number of carbonyl (C=O) groups excluding carboxylic acids is 2. The van der Waals surface area contributed by atoms with Crippen molar-refractivity contribution in [1.29, 1.82) is 0 Å². The van der Waals surface area contributed by atoms with Crippen LogP contribution < -0.4 is 10.6 Å². The Kier molecular flexibility index (Phi) is 6.03. The van der Waals surface area contributed by atoms with Crippen LogP contribution in [0.2, 0.25) is 0 Å². The molecular formula is C17H18N2O2S. The second kappa shape index (κ2) is 8.24. The highest BCUT2D eigenvalue weighted by Crippen LogP contribution is 2.12. The Morgan fingerprint density at radius 2 is 1.50 bits per heavy atom. The van der Waals surface area contributed by atoms with Crippen LogP contribution in [0.5, 0.6) is 0 Å². The van der Waals surface area contributed by atoms with Crippen molar-refractivity contribution < 1.29 is 9.59 Å². The predicted octanol–water partition coefficient (Wildman–Crippen LogP) is 2.06. The SMILES string of the molecule is O=C(Cc1ccccc1)NCCNC(=O)c1ccccc1S. The minimum Gasteiger partial charge on any atom is -0.354 e. The van der Waals surface area contributed by atoms with Gasteiger partial charge in [-0.1, -0.05) is 42.5 Å². The minimum absolute atomic E-state index is 0.0601. The Morgan fingerprint density at radius 1 is 0.864 bits per heavy atom. The molecule has 0 atom stereocenters. The lowest BCUT2D eigenvalue weighted by Gasteiger charge is -2.08. The monoisotopic (exact) mass is 314 g/mol. The maximum Gasteiger partial charge on any atom is 0.252 e. The third-order valence-electron chi connectivity index (χ3n) is 3.09. The van der Waals surface area contributed by atoms with Gasteiger partial charge in [-0.25, -0.2) is 0 Å². The second-order valence-electron chi connectivity index (χ2n) is 4.79. The third kappa shape index (κ3) is 4.93. The van der Waals surface area contributed by atoms with Gasteiger partial charge in [-0.15, -0.1) is 12.6 Å². The zero-order valence-electron chi connectivity index (χ0n) is 12.1. The molecule has 2 rings (SSSR count). The van der Waals surface area contributed by atoms with Gasteiger partial charge >= 0.3 is 0 Å². The van der Waals surface area contributed by atoms with Crippen LogP contribution in [0, 0.1) is 0 Å². The fourth-order valence-corrected chi connectivity index (χ4v) is 2.24. The van der Waals surface area contributed by atoms with Crippen LogP contribution in [0.1, 0.15) is 15.9 Å². The molecule has 0 spiro atoms. The van der Waals surface area contributed by atoms with Crippen LogP contribution in [0.4, 0.5) is 0 Å². The first-order valence-corrected chi connectivity index (χ1v) is 7.48. The lowest BCUT2D eigenvalue weighted by atomic mass is 10.1. The van der Waals surface area contributed by atoms with Crippen LogP contribution in [0.3, 0.4) is 0 Å². The number of benzene rings is 2. The van der Waals surface area contributed by atoms with E-state index in [1.807, 2.05) is 36.4 Å². The molecule has 4 nitrogen and oxygen atoms in total. The van der Waals surface area contributed by atoms with Crippen molar-refractivity contribution in [3.63, 3.8) is 0 Å². The maximum absolute atomic E-state index is 11.9. The van der Waals surface area contributed by atoms with E-state index in [-0.39, 0.29) is 11.8 Å². The summed E-state index contributed by atoms with van der Waals surface area (Å²) in [6.07, 6.45) is 0.342. The molecule has 0 unspecified atom stereocenters. The van der Waals surface area contributed by atoms with Gasteiger partial charge in [-0.3, -0.25) is 9.59 Å². The van der Waals surface area contributed by atoms with Crippen LogP contribution in [-0.2, 0) is 11.2 Å². The van der Waals surface area contributed by atoms with E-state index in [0.717, 1.165) is 5.56 Å². The molecule has 0 aliphatic carbocycles. The van der Waals surface area contributed by atoms with Crippen LogP contribution in [0.25, 0.3) is 0 Å². The predicted molar refractivity (Wildman–Crippen MR) is 89.2 cm³/mol. The molecule has 114 valence electrons. The van der Waals surface area contributed by atoms with Gasteiger partial charge in [-0.05, 0) is 17.7 Å². The zero-order valence-corrected chi connectivity index (χ0v) is 13.0. The van der Waals surface area contributed by atoms with E-state index >= 15 is 0 Å². The number of nitrogens with one attached hydrogen (secondary N) is 2. The van der Waals surface area contributed by atoms with Crippen molar-refractivity contribution in [1.82, 2.24) is 10.6 Å². The largest absolute Gasteiger partial charge is 0.354 e. The molecule has 0 aliphatic rings. The molecular weight excluding hydrogens is 296 g/mol. The number of hydrogen-bond donors (Lipinski definition) is 3. The first-order valence-electron chi connectivity index (χ1n) is 7.03. The quantitative estimate of drug-likeness (QED) is 0.565. The summed E-state index contributed by atoms with van der Waals surface area (Å²) in [7, 11) is 0. The zero-order chi connectivity index (χ0) is 15.8. The van der Waals surface area contributed by atoms with Gasteiger partial charge in [-0.2, -0.15) is 0 Å². The van der Waals surface area contributed by atoms with Gasteiger partial charge in [0.05, 0.1) is 12.0 Å². The summed E-state index contributed by atoms with van der Waals surface area (Å²) in [5.74, 6) is -0.252. The van der Waals surface area contributed by atoms with Gasteiger partial charge in [0.1, 0.15) is 0 Å². The third-order valence-corrected chi connectivity index (χ3v) is 3.48. The van der Waals surface area contributed by atoms with Crippen molar-refractivity contribution >= 4 is 24.4 Å². The standard InChI is InChI=1S/C17H18N2O2S/c20-16(12-13-6-2-1-3-7-13)18-10-11-19-17(21)14-8-4-5-9-15(14)22/h1-9,22H,10-12H2,(H,18,20)(H,19,21). The lowest BCUT2D eigenvalue weighted by Crippen LogP contribution is -2.35. The highest BCUT2D eigenvalue weighted by Gasteiger charge is 2.08. The Hall–Kier alpha value is -2.27. The molecule has 0 aliphatic heterocycles. The number of amides is 2. The van der Waals surface area contributed by atoms with E-state index in [4.69, 9.17) is 0 Å². The summed E-state index contributed by atoms with van der Waals surface area (Å²) in [6, 6.07) is 16.6. The van der Waals surface area contributed by atoms with Gasteiger partial charge in [0, 0.05) is 18.0 Å². The molecule has 2 amide bonds. The summed E-state index contributed by atoms with van der Waals surface area (Å²) in [4.78, 5) is 24.3. The van der Waals surface area contributed by atoms with Crippen molar-refractivity contribution in [2.24, 2.45) is 0 Å². The number of thiol groups is 1. The molecule has 0 saturated heterocycles.